The lowest BCUT2D eigenvalue weighted by molar-refractivity contribution is 0.506. The van der Waals surface area contributed by atoms with Gasteiger partial charge in [-0.25, -0.2) is 0 Å². The van der Waals surface area contributed by atoms with Crippen molar-refractivity contribution >= 4 is 0 Å². The summed E-state index contributed by atoms with van der Waals surface area (Å²) in [6.07, 6.45) is 5.27. The fraction of sp³-hybridized carbons (Fsp3) is 0.647. The Morgan fingerprint density at radius 3 is 2.72 bits per heavy atom. The molecule has 1 N–H and O–H groups in total. The van der Waals surface area contributed by atoms with Crippen molar-refractivity contribution in [1.29, 1.82) is 0 Å². The highest BCUT2D eigenvalue weighted by molar-refractivity contribution is 5.39. The smallest absolute Gasteiger partial charge is 0.00461 e. The van der Waals surface area contributed by atoms with Gasteiger partial charge in [0.2, 0.25) is 0 Å². The molecule has 1 heteroatoms. The second-order valence-electron chi connectivity index (χ2n) is 6.64. The highest BCUT2D eigenvalue weighted by atomic mass is 14.8. The number of hydrogen-bond acceptors (Lipinski definition) is 1. The van der Waals surface area contributed by atoms with Crippen molar-refractivity contribution in [1.82, 2.24) is 5.32 Å². The molecule has 0 fully saturated rings. The van der Waals surface area contributed by atoms with Gasteiger partial charge in [0.1, 0.15) is 0 Å². The third kappa shape index (κ3) is 2.95. The molecule has 1 nitrogen and oxygen atoms in total. The van der Waals surface area contributed by atoms with Crippen LogP contribution in [0.15, 0.2) is 18.2 Å². The van der Waals surface area contributed by atoms with E-state index in [1.165, 1.54) is 31.2 Å². The zero-order valence-corrected chi connectivity index (χ0v) is 12.3. The number of rotatable bonds is 3. The number of benzene rings is 1. The van der Waals surface area contributed by atoms with Crippen LogP contribution in [0, 0.1) is 0 Å². The van der Waals surface area contributed by atoms with E-state index >= 15 is 0 Å². The average Bonchev–Trinajstić information content (AvgIpc) is 2.34. The van der Waals surface area contributed by atoms with Crippen LogP contribution in [0.2, 0.25) is 0 Å². The fourth-order valence-corrected chi connectivity index (χ4v) is 2.98. The lowest BCUT2D eigenvalue weighted by Crippen LogP contribution is -2.18. The third-order valence-electron chi connectivity index (χ3n) is 4.19. The first kappa shape index (κ1) is 13.6. The maximum absolute atomic E-state index is 3.29. The van der Waals surface area contributed by atoms with E-state index in [2.05, 4.69) is 51.3 Å². The molecule has 1 unspecified atom stereocenters. The van der Waals surface area contributed by atoms with Gasteiger partial charge in [0.25, 0.3) is 0 Å². The molecule has 0 heterocycles. The number of fused-ring (bicyclic) bond motifs is 1. The molecule has 0 aromatic heterocycles. The van der Waals surface area contributed by atoms with E-state index in [1.807, 2.05) is 0 Å². The Balaban J connectivity index is 2.29. The predicted octanol–water partition coefficient (Wildman–Crippen LogP) is 4.01. The summed E-state index contributed by atoms with van der Waals surface area (Å²) in [4.78, 5) is 0. The van der Waals surface area contributed by atoms with Crippen LogP contribution < -0.4 is 5.32 Å². The van der Waals surface area contributed by atoms with E-state index in [0.717, 1.165) is 12.5 Å². The first-order valence-electron chi connectivity index (χ1n) is 7.30. The van der Waals surface area contributed by atoms with Crippen LogP contribution in [-0.4, -0.2) is 13.6 Å². The topological polar surface area (TPSA) is 12.0 Å². The van der Waals surface area contributed by atoms with Crippen LogP contribution in [0.3, 0.4) is 0 Å². The Morgan fingerprint density at radius 1 is 1.28 bits per heavy atom. The van der Waals surface area contributed by atoms with Crippen molar-refractivity contribution in [3.05, 3.63) is 34.9 Å². The quantitative estimate of drug-likeness (QED) is 0.848. The number of hydrogen-bond donors (Lipinski definition) is 1. The standard InChI is InChI=1S/C17H27N/c1-17(2,3)15-9-8-13-6-5-7-14(10-11-18-4)16(13)12-15/h8-9,12,14,18H,5-7,10-11H2,1-4H3. The summed E-state index contributed by atoms with van der Waals surface area (Å²) in [5, 5.41) is 3.29. The Morgan fingerprint density at radius 2 is 2.06 bits per heavy atom. The zero-order chi connectivity index (χ0) is 13.2. The minimum absolute atomic E-state index is 0.264. The molecule has 0 bridgehead atoms. The summed E-state index contributed by atoms with van der Waals surface area (Å²) >= 11 is 0. The highest BCUT2D eigenvalue weighted by Crippen LogP contribution is 2.36. The second kappa shape index (κ2) is 5.44. The molecule has 0 saturated carbocycles. The van der Waals surface area contributed by atoms with Gasteiger partial charge in [-0.3, -0.25) is 0 Å². The summed E-state index contributed by atoms with van der Waals surface area (Å²) in [5.41, 5.74) is 4.97. The van der Waals surface area contributed by atoms with E-state index in [0.29, 0.717) is 0 Å². The summed E-state index contributed by atoms with van der Waals surface area (Å²) in [6.45, 7) is 8.05. The van der Waals surface area contributed by atoms with Crippen molar-refractivity contribution in [2.75, 3.05) is 13.6 Å². The molecule has 1 atom stereocenters. The number of nitrogens with one attached hydrogen (secondary N) is 1. The average molecular weight is 245 g/mol. The maximum atomic E-state index is 3.29. The first-order valence-corrected chi connectivity index (χ1v) is 7.30. The molecule has 0 aliphatic heterocycles. The van der Waals surface area contributed by atoms with Gasteiger partial charge >= 0.3 is 0 Å². The van der Waals surface area contributed by atoms with Crippen LogP contribution >= 0.6 is 0 Å². The largest absolute Gasteiger partial charge is 0.320 e. The zero-order valence-electron chi connectivity index (χ0n) is 12.3. The molecule has 1 aliphatic carbocycles. The van der Waals surface area contributed by atoms with E-state index in [4.69, 9.17) is 0 Å². The van der Waals surface area contributed by atoms with Crippen molar-refractivity contribution in [2.45, 2.75) is 57.8 Å². The van der Waals surface area contributed by atoms with Gasteiger partial charge in [0.15, 0.2) is 0 Å². The minimum Gasteiger partial charge on any atom is -0.320 e. The molecule has 1 aromatic rings. The molecule has 2 rings (SSSR count). The lowest BCUT2D eigenvalue weighted by atomic mass is 9.77. The maximum Gasteiger partial charge on any atom is -0.00461 e. The van der Waals surface area contributed by atoms with Crippen LogP contribution in [0.1, 0.15) is 62.6 Å². The summed E-state index contributed by atoms with van der Waals surface area (Å²) < 4.78 is 0. The lowest BCUT2D eigenvalue weighted by Gasteiger charge is -2.28. The van der Waals surface area contributed by atoms with Crippen molar-refractivity contribution in [2.24, 2.45) is 0 Å². The van der Waals surface area contributed by atoms with E-state index < -0.39 is 0 Å². The molecule has 0 radical (unpaired) electrons. The van der Waals surface area contributed by atoms with Crippen molar-refractivity contribution in [3.63, 3.8) is 0 Å². The van der Waals surface area contributed by atoms with Gasteiger partial charge < -0.3 is 5.32 Å². The van der Waals surface area contributed by atoms with Crippen molar-refractivity contribution in [3.8, 4) is 0 Å². The van der Waals surface area contributed by atoms with Gasteiger partial charge in [-0.1, -0.05) is 39.0 Å². The van der Waals surface area contributed by atoms with Gasteiger partial charge in [0.05, 0.1) is 0 Å². The number of aryl methyl sites for hydroxylation is 1. The predicted molar refractivity (Wildman–Crippen MR) is 79.4 cm³/mol. The minimum atomic E-state index is 0.264. The van der Waals surface area contributed by atoms with Crippen LogP contribution in [0.5, 0.6) is 0 Å². The summed E-state index contributed by atoms with van der Waals surface area (Å²) in [5.74, 6) is 0.767. The second-order valence-corrected chi connectivity index (χ2v) is 6.64. The van der Waals surface area contributed by atoms with Crippen molar-refractivity contribution < 1.29 is 0 Å². The monoisotopic (exact) mass is 245 g/mol. The van der Waals surface area contributed by atoms with E-state index in [1.54, 1.807) is 11.1 Å². The Hall–Kier alpha value is -0.820. The SMILES string of the molecule is CNCCC1CCCc2ccc(C(C)(C)C)cc21. The van der Waals surface area contributed by atoms with Crippen LogP contribution in [-0.2, 0) is 11.8 Å². The van der Waals surface area contributed by atoms with Gasteiger partial charge in [0, 0.05) is 0 Å². The van der Waals surface area contributed by atoms with E-state index in [9.17, 15) is 0 Å². The summed E-state index contributed by atoms with van der Waals surface area (Å²) in [6, 6.07) is 7.19. The Kier molecular flexibility index (Phi) is 4.11. The molecule has 0 saturated heterocycles. The van der Waals surface area contributed by atoms with Crippen LogP contribution in [0.4, 0.5) is 0 Å². The van der Waals surface area contributed by atoms with Crippen LogP contribution in [0.25, 0.3) is 0 Å². The molecule has 100 valence electrons. The molecule has 18 heavy (non-hydrogen) atoms. The summed E-state index contributed by atoms with van der Waals surface area (Å²) in [7, 11) is 2.05. The fourth-order valence-electron chi connectivity index (χ4n) is 2.98. The third-order valence-corrected chi connectivity index (χ3v) is 4.19. The van der Waals surface area contributed by atoms with Gasteiger partial charge in [-0.2, -0.15) is 0 Å². The molecule has 1 aliphatic rings. The highest BCUT2D eigenvalue weighted by Gasteiger charge is 2.22. The molecule has 0 amide bonds. The van der Waals surface area contributed by atoms with Gasteiger partial charge in [-0.15, -0.1) is 0 Å². The Bertz CT molecular complexity index is 401. The molecule has 1 aromatic carbocycles. The molecular weight excluding hydrogens is 218 g/mol. The molecular formula is C17H27N. The Labute approximate surface area is 112 Å². The molecule has 0 spiro atoms. The normalized spacial score (nSPS) is 19.7. The van der Waals surface area contributed by atoms with Gasteiger partial charge in [-0.05, 0) is 67.3 Å². The first-order chi connectivity index (χ1) is 8.52. The van der Waals surface area contributed by atoms with E-state index in [-0.39, 0.29) is 5.41 Å².